The summed E-state index contributed by atoms with van der Waals surface area (Å²) in [7, 11) is 0. The first-order valence-electron chi connectivity index (χ1n) is 6.69. The van der Waals surface area contributed by atoms with Gasteiger partial charge in [-0.2, -0.15) is 0 Å². The van der Waals surface area contributed by atoms with Crippen molar-refractivity contribution in [3.63, 3.8) is 0 Å². The minimum atomic E-state index is 0.368. The number of nitrogen functional groups attached to an aromatic ring is 1. The molecule has 1 aromatic carbocycles. The molecule has 102 valence electrons. The van der Waals surface area contributed by atoms with Crippen molar-refractivity contribution in [3.8, 4) is 5.75 Å². The highest BCUT2D eigenvalue weighted by Gasteiger charge is 2.09. The third kappa shape index (κ3) is 2.96. The number of hydrogen-bond donors (Lipinski definition) is 2. The van der Waals surface area contributed by atoms with E-state index in [9.17, 15) is 0 Å². The van der Waals surface area contributed by atoms with E-state index < -0.39 is 0 Å². The fourth-order valence-electron chi connectivity index (χ4n) is 1.95. The highest BCUT2D eigenvalue weighted by Crippen LogP contribution is 2.29. The lowest BCUT2D eigenvalue weighted by atomic mass is 10.1. The number of nitrogens with one attached hydrogen (secondary N) is 1. The summed E-state index contributed by atoms with van der Waals surface area (Å²) in [5, 5.41) is 0.987. The Kier molecular flexibility index (Phi) is 4.22. The second kappa shape index (κ2) is 5.89. The fourth-order valence-corrected chi connectivity index (χ4v) is 1.95. The van der Waals surface area contributed by atoms with Crippen molar-refractivity contribution >= 4 is 16.6 Å². The van der Waals surface area contributed by atoms with Gasteiger partial charge in [0.25, 0.3) is 0 Å². The molecule has 0 saturated carbocycles. The molecule has 4 nitrogen and oxygen atoms in total. The minimum absolute atomic E-state index is 0.368. The average Bonchev–Trinajstić information content (AvgIpc) is 2.43. The number of hydrazine groups is 1. The van der Waals surface area contributed by atoms with E-state index in [1.54, 1.807) is 0 Å². The summed E-state index contributed by atoms with van der Waals surface area (Å²) in [4.78, 5) is 4.65. The molecular formula is C15H21N3O. The first-order valence-corrected chi connectivity index (χ1v) is 6.69. The molecule has 2 aromatic rings. The number of pyridine rings is 1. The van der Waals surface area contributed by atoms with Gasteiger partial charge in [0.15, 0.2) is 0 Å². The number of ether oxygens (including phenoxy) is 1. The predicted molar refractivity (Wildman–Crippen MR) is 79.4 cm³/mol. The van der Waals surface area contributed by atoms with Crippen LogP contribution in [0.25, 0.3) is 10.9 Å². The Labute approximate surface area is 113 Å². The number of aromatic nitrogens is 1. The van der Waals surface area contributed by atoms with E-state index in [2.05, 4.69) is 31.2 Å². The van der Waals surface area contributed by atoms with Crippen LogP contribution in [0.5, 0.6) is 5.75 Å². The van der Waals surface area contributed by atoms with Crippen LogP contribution in [0.1, 0.15) is 38.8 Å². The number of nitrogens with zero attached hydrogens (tertiary/aromatic N) is 1. The lowest BCUT2D eigenvalue weighted by molar-refractivity contribution is 0.318. The summed E-state index contributed by atoms with van der Waals surface area (Å²) >= 11 is 0. The molecule has 19 heavy (non-hydrogen) atoms. The summed E-state index contributed by atoms with van der Waals surface area (Å²) in [6.07, 6.45) is 0.991. The van der Waals surface area contributed by atoms with Gasteiger partial charge in [0, 0.05) is 11.1 Å². The number of fused-ring (bicyclic) bond motifs is 1. The van der Waals surface area contributed by atoms with E-state index >= 15 is 0 Å². The highest BCUT2D eigenvalue weighted by molar-refractivity contribution is 5.92. The highest BCUT2D eigenvalue weighted by atomic mass is 16.5. The van der Waals surface area contributed by atoms with Gasteiger partial charge in [-0.15, -0.1) is 0 Å². The van der Waals surface area contributed by atoms with Crippen molar-refractivity contribution in [3.05, 3.63) is 30.0 Å². The SMILES string of the molecule is CCCOc1ccc2nc(C(C)C)cc(NN)c2c1. The summed E-state index contributed by atoms with van der Waals surface area (Å²) in [5.41, 5.74) is 5.60. The van der Waals surface area contributed by atoms with Crippen LogP contribution in [-0.2, 0) is 0 Å². The van der Waals surface area contributed by atoms with Crippen molar-refractivity contribution in [2.75, 3.05) is 12.0 Å². The molecular weight excluding hydrogens is 238 g/mol. The van der Waals surface area contributed by atoms with E-state index in [0.717, 1.165) is 34.5 Å². The first kappa shape index (κ1) is 13.6. The first-order chi connectivity index (χ1) is 9.15. The Morgan fingerprint density at radius 2 is 2.11 bits per heavy atom. The molecule has 0 unspecified atom stereocenters. The van der Waals surface area contributed by atoms with Gasteiger partial charge in [0.1, 0.15) is 5.75 Å². The quantitative estimate of drug-likeness (QED) is 0.638. The molecule has 0 spiro atoms. The molecule has 0 radical (unpaired) electrons. The van der Waals surface area contributed by atoms with Gasteiger partial charge in [0.2, 0.25) is 0 Å². The molecule has 0 atom stereocenters. The molecule has 0 fully saturated rings. The Hall–Kier alpha value is -1.81. The van der Waals surface area contributed by atoms with Crippen molar-refractivity contribution < 1.29 is 4.74 Å². The van der Waals surface area contributed by atoms with Gasteiger partial charge in [-0.25, -0.2) is 0 Å². The largest absolute Gasteiger partial charge is 0.494 e. The summed E-state index contributed by atoms with van der Waals surface area (Å²) in [6, 6.07) is 7.91. The van der Waals surface area contributed by atoms with Crippen molar-refractivity contribution in [1.82, 2.24) is 4.98 Å². The van der Waals surface area contributed by atoms with E-state index in [0.29, 0.717) is 12.5 Å². The molecule has 1 heterocycles. The summed E-state index contributed by atoms with van der Waals surface area (Å²) < 4.78 is 5.64. The number of hydrogen-bond acceptors (Lipinski definition) is 4. The molecule has 0 bridgehead atoms. The average molecular weight is 259 g/mol. The second-order valence-corrected chi connectivity index (χ2v) is 4.92. The summed E-state index contributed by atoms with van der Waals surface area (Å²) in [5.74, 6) is 6.84. The predicted octanol–water partition coefficient (Wildman–Crippen LogP) is 3.43. The maximum Gasteiger partial charge on any atom is 0.120 e. The van der Waals surface area contributed by atoms with Crippen LogP contribution in [0.15, 0.2) is 24.3 Å². The van der Waals surface area contributed by atoms with E-state index in [1.165, 1.54) is 0 Å². The number of benzene rings is 1. The zero-order chi connectivity index (χ0) is 13.8. The molecule has 1 aromatic heterocycles. The van der Waals surface area contributed by atoms with Crippen LogP contribution in [-0.4, -0.2) is 11.6 Å². The van der Waals surface area contributed by atoms with Crippen molar-refractivity contribution in [2.45, 2.75) is 33.1 Å². The fraction of sp³-hybridized carbons (Fsp3) is 0.400. The molecule has 0 aliphatic rings. The maximum atomic E-state index is 5.64. The normalized spacial score (nSPS) is 11.0. The summed E-state index contributed by atoms with van der Waals surface area (Å²) in [6.45, 7) is 7.04. The van der Waals surface area contributed by atoms with E-state index in [-0.39, 0.29) is 0 Å². The topological polar surface area (TPSA) is 60.2 Å². The molecule has 0 amide bonds. The molecule has 0 saturated heterocycles. The number of anilines is 1. The zero-order valence-corrected chi connectivity index (χ0v) is 11.7. The Morgan fingerprint density at radius 1 is 1.32 bits per heavy atom. The monoisotopic (exact) mass is 259 g/mol. The van der Waals surface area contributed by atoms with Crippen LogP contribution in [0.2, 0.25) is 0 Å². The molecule has 3 N–H and O–H groups in total. The van der Waals surface area contributed by atoms with Crippen LogP contribution >= 0.6 is 0 Å². The third-order valence-electron chi connectivity index (χ3n) is 3.02. The standard InChI is InChI=1S/C15H21N3O/c1-4-7-19-11-5-6-13-12(8-11)15(18-16)9-14(17-13)10(2)3/h5-6,8-10H,4,7,16H2,1-3H3,(H,17,18). The second-order valence-electron chi connectivity index (χ2n) is 4.92. The van der Waals surface area contributed by atoms with E-state index in [4.69, 9.17) is 10.6 Å². The lowest BCUT2D eigenvalue weighted by Crippen LogP contribution is -2.09. The van der Waals surface area contributed by atoms with Gasteiger partial charge in [0.05, 0.1) is 17.8 Å². The van der Waals surface area contributed by atoms with E-state index in [1.807, 2.05) is 24.3 Å². The van der Waals surface area contributed by atoms with Gasteiger partial charge in [-0.05, 0) is 36.6 Å². The van der Waals surface area contributed by atoms with Gasteiger partial charge in [-0.3, -0.25) is 10.8 Å². The number of rotatable bonds is 5. The maximum absolute atomic E-state index is 5.64. The molecule has 0 aliphatic carbocycles. The lowest BCUT2D eigenvalue weighted by Gasteiger charge is -2.12. The Balaban J connectivity index is 2.49. The number of nitrogens with two attached hydrogens (primary N) is 1. The van der Waals surface area contributed by atoms with Gasteiger partial charge >= 0.3 is 0 Å². The molecule has 2 rings (SSSR count). The van der Waals surface area contributed by atoms with Gasteiger partial charge < -0.3 is 10.2 Å². The minimum Gasteiger partial charge on any atom is -0.494 e. The Morgan fingerprint density at radius 3 is 2.74 bits per heavy atom. The molecule has 0 aliphatic heterocycles. The smallest absolute Gasteiger partial charge is 0.120 e. The van der Waals surface area contributed by atoms with Crippen molar-refractivity contribution in [2.24, 2.45) is 5.84 Å². The molecule has 4 heteroatoms. The zero-order valence-electron chi connectivity index (χ0n) is 11.7. The van der Waals surface area contributed by atoms with Gasteiger partial charge in [-0.1, -0.05) is 20.8 Å². The Bertz CT molecular complexity index is 567. The third-order valence-corrected chi connectivity index (χ3v) is 3.02. The van der Waals surface area contributed by atoms with Crippen molar-refractivity contribution in [1.29, 1.82) is 0 Å². The van der Waals surface area contributed by atoms with Crippen LogP contribution < -0.4 is 16.0 Å². The van der Waals surface area contributed by atoms with Crippen LogP contribution in [0.4, 0.5) is 5.69 Å². The van der Waals surface area contributed by atoms with Crippen LogP contribution in [0, 0.1) is 0 Å². The van der Waals surface area contributed by atoms with Crippen LogP contribution in [0.3, 0.4) is 0 Å².